The van der Waals surface area contributed by atoms with Crippen LogP contribution in [0.5, 0.6) is 5.75 Å². The Labute approximate surface area is 141 Å². The smallest absolute Gasteiger partial charge is 0.226 e. The van der Waals surface area contributed by atoms with Gasteiger partial charge in [-0.1, -0.05) is 30.9 Å². The Morgan fingerprint density at radius 2 is 2.12 bits per heavy atom. The molecule has 0 fully saturated rings. The first-order chi connectivity index (χ1) is 11.7. The Balaban J connectivity index is 1.83. The highest BCUT2D eigenvalue weighted by atomic mass is 16.5. The summed E-state index contributed by atoms with van der Waals surface area (Å²) < 4.78 is 7.06. The van der Waals surface area contributed by atoms with Gasteiger partial charge in [-0.15, -0.1) is 5.10 Å². The van der Waals surface area contributed by atoms with Gasteiger partial charge in [0.2, 0.25) is 5.95 Å². The van der Waals surface area contributed by atoms with E-state index in [0.29, 0.717) is 12.4 Å². The minimum atomic E-state index is 0.679. The molecule has 1 aromatic heterocycles. The van der Waals surface area contributed by atoms with E-state index in [2.05, 4.69) is 28.1 Å². The van der Waals surface area contributed by atoms with Crippen LogP contribution in [0.2, 0.25) is 0 Å². The maximum atomic E-state index is 5.20. The van der Waals surface area contributed by atoms with Gasteiger partial charge in [0.15, 0.2) is 5.82 Å². The van der Waals surface area contributed by atoms with Crippen LogP contribution in [-0.2, 0) is 6.54 Å². The first-order valence-electron chi connectivity index (χ1n) is 7.77. The molecule has 1 aromatic carbocycles. The van der Waals surface area contributed by atoms with Crippen LogP contribution in [0.4, 0.5) is 5.95 Å². The van der Waals surface area contributed by atoms with E-state index in [1.807, 2.05) is 54.1 Å². The molecule has 1 aliphatic rings. The third kappa shape index (κ3) is 3.15. The highest BCUT2D eigenvalue weighted by Crippen LogP contribution is 2.25. The molecule has 2 heterocycles. The van der Waals surface area contributed by atoms with Crippen LogP contribution < -0.4 is 10.1 Å². The summed E-state index contributed by atoms with van der Waals surface area (Å²) in [5.41, 5.74) is 3.07. The minimum absolute atomic E-state index is 0.679. The largest absolute Gasteiger partial charge is 0.497 e. The molecule has 2 aromatic rings. The first-order valence-corrected chi connectivity index (χ1v) is 7.77. The summed E-state index contributed by atoms with van der Waals surface area (Å²) in [7, 11) is 1.66. The number of benzene rings is 1. The molecule has 0 amide bonds. The molecule has 0 unspecified atom stereocenters. The van der Waals surface area contributed by atoms with Crippen molar-refractivity contribution in [1.82, 2.24) is 14.8 Å². The molecule has 122 valence electrons. The van der Waals surface area contributed by atoms with E-state index in [-0.39, 0.29) is 0 Å². The molecule has 3 rings (SSSR count). The maximum absolute atomic E-state index is 5.20. The monoisotopic (exact) mass is 320 g/mol. The first kappa shape index (κ1) is 15.8. The molecule has 0 radical (unpaired) electrons. The number of nitrogens with one attached hydrogen (secondary N) is 1. The van der Waals surface area contributed by atoms with Gasteiger partial charge < -0.3 is 10.1 Å². The van der Waals surface area contributed by atoms with Gasteiger partial charge in [0, 0.05) is 11.3 Å². The molecular weight excluding hydrogens is 300 g/mol. The number of aromatic nitrogens is 3. The Bertz CT molecular complexity index is 826. The van der Waals surface area contributed by atoms with Crippen molar-refractivity contribution in [2.75, 3.05) is 12.4 Å². The van der Waals surface area contributed by atoms with E-state index >= 15 is 0 Å². The molecule has 0 bridgehead atoms. The average Bonchev–Trinajstić information content (AvgIpc) is 3.05. The summed E-state index contributed by atoms with van der Waals surface area (Å²) in [4.78, 5) is 4.61. The second-order valence-corrected chi connectivity index (χ2v) is 5.25. The predicted molar refractivity (Wildman–Crippen MR) is 97.6 cm³/mol. The predicted octanol–water partition coefficient (Wildman–Crippen LogP) is 3.90. The van der Waals surface area contributed by atoms with Gasteiger partial charge in [-0.3, -0.25) is 0 Å². The Kier molecular flexibility index (Phi) is 4.61. The molecule has 1 N–H and O–H groups in total. The van der Waals surface area contributed by atoms with E-state index in [9.17, 15) is 0 Å². The second kappa shape index (κ2) is 7.00. The van der Waals surface area contributed by atoms with Crippen molar-refractivity contribution in [2.24, 2.45) is 0 Å². The number of hydrogen-bond donors (Lipinski definition) is 1. The molecule has 0 saturated carbocycles. The number of fused-ring (bicyclic) bond motifs is 1. The number of nitrogens with zero attached hydrogens (tertiary/aromatic N) is 3. The van der Waals surface area contributed by atoms with Crippen LogP contribution in [0, 0.1) is 0 Å². The number of allylic oxidation sites excluding steroid dienone is 6. The Hall–Kier alpha value is -3.08. The van der Waals surface area contributed by atoms with Crippen LogP contribution in [0.15, 0.2) is 61.2 Å². The lowest BCUT2D eigenvalue weighted by molar-refractivity contribution is 0.415. The molecule has 24 heavy (non-hydrogen) atoms. The molecule has 0 saturated heterocycles. The van der Waals surface area contributed by atoms with E-state index in [1.165, 1.54) is 0 Å². The molecular formula is C19H20N4O. The van der Waals surface area contributed by atoms with Gasteiger partial charge in [-0.2, -0.15) is 4.98 Å². The fourth-order valence-corrected chi connectivity index (χ4v) is 2.47. The maximum Gasteiger partial charge on any atom is 0.226 e. The summed E-state index contributed by atoms with van der Waals surface area (Å²) in [6.07, 6.45) is 9.65. The van der Waals surface area contributed by atoms with E-state index in [1.54, 1.807) is 13.2 Å². The summed E-state index contributed by atoms with van der Waals surface area (Å²) in [6, 6.07) is 7.94. The highest BCUT2D eigenvalue weighted by molar-refractivity contribution is 5.77. The normalized spacial score (nSPS) is 14.1. The fourth-order valence-electron chi connectivity index (χ4n) is 2.47. The van der Waals surface area contributed by atoms with Crippen LogP contribution >= 0.6 is 0 Å². The van der Waals surface area contributed by atoms with Crippen molar-refractivity contribution < 1.29 is 4.74 Å². The number of anilines is 1. The molecule has 0 atom stereocenters. The van der Waals surface area contributed by atoms with Crippen molar-refractivity contribution in [3.63, 3.8) is 0 Å². The van der Waals surface area contributed by atoms with Gasteiger partial charge in [0.05, 0.1) is 13.7 Å². The average molecular weight is 320 g/mol. The van der Waals surface area contributed by atoms with Gasteiger partial charge >= 0.3 is 0 Å². The number of hydrogen-bond acceptors (Lipinski definition) is 4. The zero-order valence-corrected chi connectivity index (χ0v) is 13.9. The quantitative estimate of drug-likeness (QED) is 0.849. The third-order valence-electron chi connectivity index (χ3n) is 3.77. The van der Waals surface area contributed by atoms with Gasteiger partial charge in [0.25, 0.3) is 0 Å². The topological polar surface area (TPSA) is 52.0 Å². The lowest BCUT2D eigenvalue weighted by Gasteiger charge is -2.16. The number of rotatable bonds is 5. The Morgan fingerprint density at radius 1 is 1.33 bits per heavy atom. The standard InChI is InChI=1S/C19H20N4O/c1-4-6-7-14(5-2)18-21-19-20-17(12-13-23(19)22-18)15-8-10-16(24-3)11-9-15/h4-12H,1,13H2,2-3H3,(H,20,21,22)/b7-6-,14-5+. The van der Waals surface area contributed by atoms with Crippen LogP contribution in [0.3, 0.4) is 0 Å². The van der Waals surface area contributed by atoms with Crippen molar-refractivity contribution in [3.05, 3.63) is 72.6 Å². The lowest BCUT2D eigenvalue weighted by atomic mass is 10.1. The number of ether oxygens (including phenoxy) is 1. The SMILES string of the molecule is C=C/C=C\C(=C/C)c1nc2n(n1)CC=C(c1ccc(OC)cc1)N2. The van der Waals surface area contributed by atoms with Crippen molar-refractivity contribution in [3.8, 4) is 5.75 Å². The van der Waals surface area contributed by atoms with E-state index < -0.39 is 0 Å². The lowest BCUT2D eigenvalue weighted by Crippen LogP contribution is -2.13. The Morgan fingerprint density at radius 3 is 2.79 bits per heavy atom. The zero-order chi connectivity index (χ0) is 16.9. The molecule has 1 aliphatic heterocycles. The van der Waals surface area contributed by atoms with Crippen LogP contribution in [0.25, 0.3) is 11.3 Å². The van der Waals surface area contributed by atoms with Crippen molar-refractivity contribution >= 4 is 17.2 Å². The molecule has 5 nitrogen and oxygen atoms in total. The molecule has 5 heteroatoms. The molecule has 0 aliphatic carbocycles. The summed E-state index contributed by atoms with van der Waals surface area (Å²) >= 11 is 0. The van der Waals surface area contributed by atoms with Crippen LogP contribution in [-0.4, -0.2) is 21.9 Å². The van der Waals surface area contributed by atoms with Gasteiger partial charge in [0.1, 0.15) is 5.75 Å². The summed E-state index contributed by atoms with van der Waals surface area (Å²) in [6.45, 7) is 6.34. The van der Waals surface area contributed by atoms with Crippen LogP contribution in [0.1, 0.15) is 18.3 Å². The summed E-state index contributed by atoms with van der Waals surface area (Å²) in [5, 5.41) is 7.90. The van der Waals surface area contributed by atoms with Crippen molar-refractivity contribution in [2.45, 2.75) is 13.5 Å². The fraction of sp³-hybridized carbons (Fsp3) is 0.158. The second-order valence-electron chi connectivity index (χ2n) is 5.25. The molecule has 0 spiro atoms. The van der Waals surface area contributed by atoms with E-state index in [4.69, 9.17) is 4.74 Å². The van der Waals surface area contributed by atoms with Gasteiger partial charge in [-0.05, 0) is 42.8 Å². The zero-order valence-electron chi connectivity index (χ0n) is 13.9. The van der Waals surface area contributed by atoms with Gasteiger partial charge in [-0.25, -0.2) is 4.68 Å². The summed E-state index contributed by atoms with van der Waals surface area (Å²) in [5.74, 6) is 2.28. The minimum Gasteiger partial charge on any atom is -0.497 e. The third-order valence-corrected chi connectivity index (χ3v) is 3.77. The number of methoxy groups -OCH3 is 1. The van der Waals surface area contributed by atoms with Crippen molar-refractivity contribution in [1.29, 1.82) is 0 Å². The van der Waals surface area contributed by atoms with E-state index in [0.717, 1.165) is 28.5 Å². The highest BCUT2D eigenvalue weighted by Gasteiger charge is 2.17.